The number of carbonyl (C=O) groups is 2. The standard InChI is InChI=1S/C16H18Cl2O3S/c1-3-21-16(20)15-13(19)6-9(2)7-14(15)22-10-4-5-11(17)12(18)8-10/h4-5,8-9,14-15H,3,6-7H2,1-2H3. The number of thioether (sulfide) groups is 1. The summed E-state index contributed by atoms with van der Waals surface area (Å²) in [7, 11) is 0. The summed E-state index contributed by atoms with van der Waals surface area (Å²) in [4.78, 5) is 25.3. The molecule has 0 aromatic heterocycles. The van der Waals surface area contributed by atoms with Gasteiger partial charge in [-0.25, -0.2) is 0 Å². The topological polar surface area (TPSA) is 43.4 Å². The van der Waals surface area contributed by atoms with Crippen LogP contribution in [0.5, 0.6) is 0 Å². The van der Waals surface area contributed by atoms with Gasteiger partial charge in [-0.3, -0.25) is 9.59 Å². The lowest BCUT2D eigenvalue weighted by molar-refractivity contribution is -0.152. The van der Waals surface area contributed by atoms with Gasteiger partial charge in [0.05, 0.1) is 16.7 Å². The summed E-state index contributed by atoms with van der Waals surface area (Å²) < 4.78 is 5.08. The van der Waals surface area contributed by atoms with Crippen molar-refractivity contribution < 1.29 is 14.3 Å². The highest BCUT2D eigenvalue weighted by molar-refractivity contribution is 8.00. The molecule has 1 aliphatic carbocycles. The van der Waals surface area contributed by atoms with E-state index in [1.165, 1.54) is 11.8 Å². The summed E-state index contributed by atoms with van der Waals surface area (Å²) in [5, 5.41) is 0.822. The predicted molar refractivity (Wildman–Crippen MR) is 89.6 cm³/mol. The second-order valence-electron chi connectivity index (χ2n) is 5.47. The van der Waals surface area contributed by atoms with E-state index in [0.717, 1.165) is 11.3 Å². The smallest absolute Gasteiger partial charge is 0.317 e. The number of halogens is 2. The first-order chi connectivity index (χ1) is 10.4. The summed E-state index contributed by atoms with van der Waals surface area (Å²) in [5.74, 6) is -0.888. The maximum atomic E-state index is 12.3. The molecule has 0 N–H and O–H groups in total. The van der Waals surface area contributed by atoms with Gasteiger partial charge in [0, 0.05) is 16.6 Å². The zero-order valence-electron chi connectivity index (χ0n) is 12.5. The molecule has 3 unspecified atom stereocenters. The molecule has 0 amide bonds. The van der Waals surface area contributed by atoms with Gasteiger partial charge in [-0.05, 0) is 37.5 Å². The number of ketones is 1. The average Bonchev–Trinajstić information content (AvgIpc) is 2.42. The van der Waals surface area contributed by atoms with Gasteiger partial charge in [-0.1, -0.05) is 30.1 Å². The van der Waals surface area contributed by atoms with Crippen LogP contribution in [0.3, 0.4) is 0 Å². The fraction of sp³-hybridized carbons (Fsp3) is 0.500. The predicted octanol–water partition coefficient (Wildman–Crippen LogP) is 4.63. The SMILES string of the molecule is CCOC(=O)C1C(=O)CC(C)CC1Sc1ccc(Cl)c(Cl)c1. The van der Waals surface area contributed by atoms with Crippen LogP contribution in [0.1, 0.15) is 26.7 Å². The Balaban J connectivity index is 2.21. The Bertz CT molecular complexity index is 569. The first-order valence-corrected chi connectivity index (χ1v) is 8.87. The van der Waals surface area contributed by atoms with Crippen LogP contribution in [0.25, 0.3) is 0 Å². The minimum absolute atomic E-state index is 0.0326. The van der Waals surface area contributed by atoms with E-state index < -0.39 is 11.9 Å². The Morgan fingerprint density at radius 1 is 1.36 bits per heavy atom. The Morgan fingerprint density at radius 2 is 2.09 bits per heavy atom. The zero-order valence-corrected chi connectivity index (χ0v) is 14.8. The molecular formula is C16H18Cl2O3S. The summed E-state index contributed by atoms with van der Waals surface area (Å²) in [6.45, 7) is 4.05. The zero-order chi connectivity index (χ0) is 16.3. The molecule has 1 aromatic carbocycles. The fourth-order valence-corrected chi connectivity index (χ4v) is 4.52. The molecule has 1 fully saturated rings. The highest BCUT2D eigenvalue weighted by Crippen LogP contribution is 2.40. The Hall–Kier alpha value is -0.710. The molecule has 0 spiro atoms. The van der Waals surface area contributed by atoms with Crippen molar-refractivity contribution in [3.63, 3.8) is 0 Å². The molecule has 1 aromatic rings. The summed E-state index contributed by atoms with van der Waals surface area (Å²) in [6.07, 6.45) is 1.22. The van der Waals surface area contributed by atoms with Crippen molar-refractivity contribution >= 4 is 46.7 Å². The number of esters is 1. The number of rotatable bonds is 4. The monoisotopic (exact) mass is 360 g/mol. The number of carbonyl (C=O) groups excluding carboxylic acids is 2. The summed E-state index contributed by atoms with van der Waals surface area (Å²) in [5.41, 5.74) is 0. The lowest BCUT2D eigenvalue weighted by Gasteiger charge is -2.31. The highest BCUT2D eigenvalue weighted by Gasteiger charge is 2.41. The molecule has 22 heavy (non-hydrogen) atoms. The summed E-state index contributed by atoms with van der Waals surface area (Å²) in [6, 6.07) is 5.34. The minimum atomic E-state index is -0.699. The average molecular weight is 361 g/mol. The van der Waals surface area contributed by atoms with E-state index in [4.69, 9.17) is 27.9 Å². The third kappa shape index (κ3) is 4.18. The molecule has 2 rings (SSSR count). The third-order valence-corrected chi connectivity index (χ3v) is 5.65. The maximum Gasteiger partial charge on any atom is 0.317 e. The highest BCUT2D eigenvalue weighted by atomic mass is 35.5. The van der Waals surface area contributed by atoms with Crippen LogP contribution in [0, 0.1) is 11.8 Å². The van der Waals surface area contributed by atoms with Crippen LogP contribution in [0.2, 0.25) is 10.0 Å². The van der Waals surface area contributed by atoms with E-state index in [9.17, 15) is 9.59 Å². The normalized spacial score (nSPS) is 25.1. The molecule has 0 heterocycles. The molecule has 1 saturated carbocycles. The van der Waals surface area contributed by atoms with Gasteiger partial charge in [0.2, 0.25) is 0 Å². The second-order valence-corrected chi connectivity index (χ2v) is 7.60. The summed E-state index contributed by atoms with van der Waals surface area (Å²) >= 11 is 13.4. The minimum Gasteiger partial charge on any atom is -0.465 e. The van der Waals surface area contributed by atoms with Gasteiger partial charge < -0.3 is 4.74 Å². The number of hydrogen-bond donors (Lipinski definition) is 0. The molecule has 0 bridgehead atoms. The molecule has 3 atom stereocenters. The molecular weight excluding hydrogens is 343 g/mol. The van der Waals surface area contributed by atoms with Crippen molar-refractivity contribution in [2.45, 2.75) is 36.8 Å². The van der Waals surface area contributed by atoms with Crippen molar-refractivity contribution in [2.75, 3.05) is 6.61 Å². The lowest BCUT2D eigenvalue weighted by Crippen LogP contribution is -2.40. The van der Waals surface area contributed by atoms with Crippen molar-refractivity contribution in [3.8, 4) is 0 Å². The number of hydrogen-bond acceptors (Lipinski definition) is 4. The number of Topliss-reactive ketones (excluding diaryl/α,β-unsaturated/α-hetero) is 1. The molecule has 1 aliphatic rings. The van der Waals surface area contributed by atoms with Crippen LogP contribution >= 0.6 is 35.0 Å². The van der Waals surface area contributed by atoms with E-state index in [-0.39, 0.29) is 23.6 Å². The Labute approximate surface area is 144 Å². The van der Waals surface area contributed by atoms with Crippen LogP contribution in [-0.4, -0.2) is 23.6 Å². The van der Waals surface area contributed by atoms with Gasteiger partial charge in [0.15, 0.2) is 0 Å². The Kier molecular flexibility index (Phi) is 6.18. The fourth-order valence-electron chi connectivity index (χ4n) is 2.65. The van der Waals surface area contributed by atoms with E-state index >= 15 is 0 Å². The first-order valence-electron chi connectivity index (χ1n) is 7.23. The van der Waals surface area contributed by atoms with Crippen LogP contribution in [-0.2, 0) is 14.3 Å². The molecule has 0 aliphatic heterocycles. The second kappa shape index (κ2) is 7.71. The van der Waals surface area contributed by atoms with Crippen LogP contribution < -0.4 is 0 Å². The Morgan fingerprint density at radius 3 is 2.73 bits per heavy atom. The van der Waals surface area contributed by atoms with Gasteiger partial charge in [-0.2, -0.15) is 0 Å². The molecule has 0 saturated heterocycles. The van der Waals surface area contributed by atoms with E-state index in [1.54, 1.807) is 19.1 Å². The molecule has 120 valence electrons. The largest absolute Gasteiger partial charge is 0.465 e. The van der Waals surface area contributed by atoms with E-state index in [2.05, 4.69) is 0 Å². The van der Waals surface area contributed by atoms with Crippen LogP contribution in [0.15, 0.2) is 23.1 Å². The van der Waals surface area contributed by atoms with Crippen molar-refractivity contribution in [1.82, 2.24) is 0 Å². The van der Waals surface area contributed by atoms with Crippen molar-refractivity contribution in [1.29, 1.82) is 0 Å². The molecule has 0 radical (unpaired) electrons. The number of ether oxygens (including phenoxy) is 1. The van der Waals surface area contributed by atoms with Gasteiger partial charge in [0.25, 0.3) is 0 Å². The van der Waals surface area contributed by atoms with Gasteiger partial charge in [0.1, 0.15) is 11.7 Å². The lowest BCUT2D eigenvalue weighted by atomic mass is 9.81. The molecule has 6 heteroatoms. The van der Waals surface area contributed by atoms with Crippen LogP contribution in [0.4, 0.5) is 0 Å². The van der Waals surface area contributed by atoms with Crippen molar-refractivity contribution in [3.05, 3.63) is 28.2 Å². The third-order valence-electron chi connectivity index (χ3n) is 3.62. The maximum absolute atomic E-state index is 12.3. The molecule has 3 nitrogen and oxygen atoms in total. The number of benzene rings is 1. The van der Waals surface area contributed by atoms with E-state index in [0.29, 0.717) is 16.5 Å². The van der Waals surface area contributed by atoms with Gasteiger partial charge >= 0.3 is 5.97 Å². The first kappa shape index (κ1) is 17.6. The van der Waals surface area contributed by atoms with Crippen molar-refractivity contribution in [2.24, 2.45) is 11.8 Å². The quantitative estimate of drug-likeness (QED) is 0.579. The van der Waals surface area contributed by atoms with Gasteiger partial charge in [-0.15, -0.1) is 11.8 Å². The van der Waals surface area contributed by atoms with E-state index in [1.807, 2.05) is 13.0 Å².